The first kappa shape index (κ1) is 19.2. The molecule has 0 bridgehead atoms. The van der Waals surface area contributed by atoms with E-state index in [1.165, 1.54) is 24.4 Å². The third-order valence-electron chi connectivity index (χ3n) is 3.65. The van der Waals surface area contributed by atoms with Crippen molar-refractivity contribution in [1.29, 1.82) is 0 Å². The SMILES string of the molecule is O=C(COc1ccc2cc(Br)ccc2c1Br)NN=Cc1ccc(O)cc1O. The van der Waals surface area contributed by atoms with Crippen molar-refractivity contribution in [3.05, 3.63) is 63.0 Å². The number of ether oxygens (including phenoxy) is 1. The van der Waals surface area contributed by atoms with Gasteiger partial charge in [-0.25, -0.2) is 5.43 Å². The number of nitrogens with one attached hydrogen (secondary N) is 1. The predicted octanol–water partition coefficient (Wildman–Crippen LogP) is 4.31. The van der Waals surface area contributed by atoms with E-state index in [1.807, 2.05) is 24.3 Å². The first-order valence-electron chi connectivity index (χ1n) is 7.78. The molecule has 0 radical (unpaired) electrons. The molecule has 1 amide bonds. The van der Waals surface area contributed by atoms with Crippen LogP contribution in [-0.4, -0.2) is 28.9 Å². The van der Waals surface area contributed by atoms with Gasteiger partial charge in [0, 0.05) is 16.1 Å². The molecule has 0 heterocycles. The minimum Gasteiger partial charge on any atom is -0.508 e. The lowest BCUT2D eigenvalue weighted by Crippen LogP contribution is -2.24. The Morgan fingerprint density at radius 2 is 1.93 bits per heavy atom. The molecule has 0 saturated carbocycles. The molecular weight excluding hydrogens is 480 g/mol. The smallest absolute Gasteiger partial charge is 0.277 e. The van der Waals surface area contributed by atoms with Crippen LogP contribution in [0.25, 0.3) is 10.8 Å². The number of carbonyl (C=O) groups excluding carboxylic acids is 1. The average molecular weight is 494 g/mol. The van der Waals surface area contributed by atoms with E-state index in [-0.39, 0.29) is 18.1 Å². The quantitative estimate of drug-likeness (QED) is 0.365. The Balaban J connectivity index is 1.60. The summed E-state index contributed by atoms with van der Waals surface area (Å²) < 4.78 is 7.29. The number of halogens is 2. The summed E-state index contributed by atoms with van der Waals surface area (Å²) in [5.74, 6) is -0.112. The van der Waals surface area contributed by atoms with Crippen LogP contribution in [0.15, 0.2) is 62.6 Å². The molecular formula is C19H14Br2N2O4. The second-order valence-electron chi connectivity index (χ2n) is 5.57. The van der Waals surface area contributed by atoms with Crippen molar-refractivity contribution in [3.8, 4) is 17.2 Å². The number of aromatic hydroxyl groups is 2. The minimum absolute atomic E-state index is 0.0598. The van der Waals surface area contributed by atoms with Crippen molar-refractivity contribution in [1.82, 2.24) is 5.43 Å². The van der Waals surface area contributed by atoms with Crippen molar-refractivity contribution < 1.29 is 19.7 Å². The van der Waals surface area contributed by atoms with Gasteiger partial charge < -0.3 is 14.9 Å². The Kier molecular flexibility index (Phi) is 5.98. The molecule has 0 aliphatic rings. The van der Waals surface area contributed by atoms with Gasteiger partial charge in [0.1, 0.15) is 17.2 Å². The number of nitrogens with zero attached hydrogens (tertiary/aromatic N) is 1. The Bertz CT molecular complexity index is 1040. The summed E-state index contributed by atoms with van der Waals surface area (Å²) in [6.07, 6.45) is 1.27. The zero-order valence-corrected chi connectivity index (χ0v) is 17.0. The number of hydrazone groups is 1. The van der Waals surface area contributed by atoms with Gasteiger partial charge in [-0.3, -0.25) is 4.79 Å². The van der Waals surface area contributed by atoms with Gasteiger partial charge in [0.25, 0.3) is 5.91 Å². The predicted molar refractivity (Wildman–Crippen MR) is 110 cm³/mol. The van der Waals surface area contributed by atoms with Crippen molar-refractivity contribution in [2.45, 2.75) is 0 Å². The van der Waals surface area contributed by atoms with Gasteiger partial charge in [-0.1, -0.05) is 28.1 Å². The fourth-order valence-electron chi connectivity index (χ4n) is 2.34. The molecule has 0 unspecified atom stereocenters. The molecule has 6 nitrogen and oxygen atoms in total. The summed E-state index contributed by atoms with van der Waals surface area (Å²) in [5.41, 5.74) is 2.68. The first-order chi connectivity index (χ1) is 12.9. The van der Waals surface area contributed by atoms with Gasteiger partial charge in [0.15, 0.2) is 6.61 Å². The van der Waals surface area contributed by atoms with Crippen molar-refractivity contribution in [3.63, 3.8) is 0 Å². The van der Waals surface area contributed by atoms with E-state index in [2.05, 4.69) is 42.4 Å². The topological polar surface area (TPSA) is 91.2 Å². The molecule has 0 saturated heterocycles. The number of phenolic OH excluding ortho intramolecular Hbond substituents is 2. The highest BCUT2D eigenvalue weighted by Gasteiger charge is 2.09. The van der Waals surface area contributed by atoms with Gasteiger partial charge in [0.05, 0.1) is 10.7 Å². The van der Waals surface area contributed by atoms with E-state index < -0.39 is 5.91 Å². The Morgan fingerprint density at radius 1 is 1.11 bits per heavy atom. The fourth-order valence-corrected chi connectivity index (χ4v) is 3.33. The molecule has 0 aliphatic carbocycles. The molecule has 138 valence electrons. The van der Waals surface area contributed by atoms with E-state index in [9.17, 15) is 15.0 Å². The van der Waals surface area contributed by atoms with Crippen LogP contribution in [0.1, 0.15) is 5.56 Å². The molecule has 0 aliphatic heterocycles. The number of amides is 1. The third-order valence-corrected chi connectivity index (χ3v) is 4.96. The van der Waals surface area contributed by atoms with Gasteiger partial charge >= 0.3 is 0 Å². The Hall–Kier alpha value is -2.58. The van der Waals surface area contributed by atoms with Crippen LogP contribution in [0.4, 0.5) is 0 Å². The number of carbonyl (C=O) groups is 1. The lowest BCUT2D eigenvalue weighted by atomic mass is 10.1. The number of hydrogen-bond donors (Lipinski definition) is 3. The van der Waals surface area contributed by atoms with Crippen molar-refractivity contribution in [2.75, 3.05) is 6.61 Å². The number of fused-ring (bicyclic) bond motifs is 1. The summed E-state index contributed by atoms with van der Waals surface area (Å²) in [6, 6.07) is 13.6. The van der Waals surface area contributed by atoms with Crippen LogP contribution in [0.3, 0.4) is 0 Å². The summed E-state index contributed by atoms with van der Waals surface area (Å²) >= 11 is 6.94. The monoisotopic (exact) mass is 492 g/mol. The molecule has 0 spiro atoms. The lowest BCUT2D eigenvalue weighted by molar-refractivity contribution is -0.123. The molecule has 0 fully saturated rings. The van der Waals surface area contributed by atoms with Crippen LogP contribution in [0.2, 0.25) is 0 Å². The number of benzene rings is 3. The van der Waals surface area contributed by atoms with Gasteiger partial charge in [-0.05, 0) is 57.0 Å². The minimum atomic E-state index is -0.452. The maximum absolute atomic E-state index is 11.9. The maximum atomic E-state index is 11.9. The van der Waals surface area contributed by atoms with Crippen LogP contribution in [0, 0.1) is 0 Å². The number of rotatable bonds is 5. The number of phenols is 2. The summed E-state index contributed by atoms with van der Waals surface area (Å²) in [6.45, 7) is -0.223. The van der Waals surface area contributed by atoms with Gasteiger partial charge in [-0.2, -0.15) is 5.10 Å². The molecule has 0 aromatic heterocycles. The lowest BCUT2D eigenvalue weighted by Gasteiger charge is -2.10. The van der Waals surface area contributed by atoms with Crippen LogP contribution in [0.5, 0.6) is 17.2 Å². The van der Waals surface area contributed by atoms with Crippen molar-refractivity contribution >= 4 is 54.8 Å². The van der Waals surface area contributed by atoms with Crippen molar-refractivity contribution in [2.24, 2.45) is 5.10 Å². The standard InChI is InChI=1S/C19H14Br2N2O4/c20-13-3-5-15-11(7-13)2-6-17(19(15)21)27-10-18(26)23-22-9-12-1-4-14(24)8-16(12)25/h1-9,24-25H,10H2,(H,23,26). The highest BCUT2D eigenvalue weighted by Crippen LogP contribution is 2.34. The molecule has 3 rings (SSSR count). The highest BCUT2D eigenvalue weighted by molar-refractivity contribution is 9.11. The molecule has 3 aromatic carbocycles. The second kappa shape index (κ2) is 8.41. The Morgan fingerprint density at radius 3 is 2.70 bits per heavy atom. The fraction of sp³-hybridized carbons (Fsp3) is 0.0526. The average Bonchev–Trinajstić information content (AvgIpc) is 2.63. The van der Waals surface area contributed by atoms with Gasteiger partial charge in [0.2, 0.25) is 0 Å². The van der Waals surface area contributed by atoms with E-state index in [0.29, 0.717) is 11.3 Å². The molecule has 3 aromatic rings. The van der Waals surface area contributed by atoms with Crippen LogP contribution < -0.4 is 10.2 Å². The summed E-state index contributed by atoms with van der Waals surface area (Å²) in [5, 5.41) is 24.6. The summed E-state index contributed by atoms with van der Waals surface area (Å²) in [7, 11) is 0. The van der Waals surface area contributed by atoms with E-state index in [4.69, 9.17) is 4.74 Å². The molecule has 27 heavy (non-hydrogen) atoms. The maximum Gasteiger partial charge on any atom is 0.277 e. The van der Waals surface area contributed by atoms with Crippen LogP contribution in [-0.2, 0) is 4.79 Å². The highest BCUT2D eigenvalue weighted by atomic mass is 79.9. The second-order valence-corrected chi connectivity index (χ2v) is 7.28. The largest absolute Gasteiger partial charge is 0.508 e. The van der Waals surface area contributed by atoms with Crippen LogP contribution >= 0.6 is 31.9 Å². The molecule has 8 heteroatoms. The summed E-state index contributed by atoms with van der Waals surface area (Å²) in [4.78, 5) is 11.9. The first-order valence-corrected chi connectivity index (χ1v) is 9.37. The Labute approximate surface area is 171 Å². The normalized spacial score (nSPS) is 11.0. The molecule has 0 atom stereocenters. The zero-order valence-electron chi connectivity index (χ0n) is 13.8. The molecule has 3 N–H and O–H groups in total. The van der Waals surface area contributed by atoms with E-state index in [0.717, 1.165) is 19.7 Å². The van der Waals surface area contributed by atoms with E-state index >= 15 is 0 Å². The van der Waals surface area contributed by atoms with E-state index in [1.54, 1.807) is 6.07 Å². The number of hydrogen-bond acceptors (Lipinski definition) is 5. The zero-order chi connectivity index (χ0) is 19.4. The van der Waals surface area contributed by atoms with Gasteiger partial charge in [-0.15, -0.1) is 0 Å². The third kappa shape index (κ3) is 4.78.